The number of aryl methyl sites for hydroxylation is 1. The van der Waals surface area contributed by atoms with Crippen LogP contribution in [0.25, 0.3) is 12.2 Å². The molecule has 0 saturated heterocycles. The maximum Gasteiger partial charge on any atom is 0.230 e. The van der Waals surface area contributed by atoms with Gasteiger partial charge in [0.2, 0.25) is 11.1 Å². The van der Waals surface area contributed by atoms with E-state index in [1.165, 1.54) is 34.4 Å². The van der Waals surface area contributed by atoms with Crippen LogP contribution in [0.3, 0.4) is 0 Å². The number of nitrogens with one attached hydrogen (secondary N) is 2. The lowest BCUT2D eigenvalue weighted by Crippen LogP contribution is -2.27. The molecule has 3 aromatic rings. The Hall–Kier alpha value is -2.58. The number of halogens is 1. The van der Waals surface area contributed by atoms with E-state index in [2.05, 4.69) is 51.7 Å². The Labute approximate surface area is 177 Å². The van der Waals surface area contributed by atoms with Crippen molar-refractivity contribution in [2.75, 3.05) is 18.1 Å². The second kappa shape index (κ2) is 10.8. The molecule has 0 unspecified atom stereocenters. The second-order valence-corrected chi connectivity index (χ2v) is 8.30. The molecule has 150 valence electrons. The number of amides is 1. The zero-order valence-electron chi connectivity index (χ0n) is 15.9. The fourth-order valence-corrected chi connectivity index (χ4v) is 3.72. The molecule has 8 heteroatoms. The van der Waals surface area contributed by atoms with Gasteiger partial charge in [-0.2, -0.15) is 0 Å². The van der Waals surface area contributed by atoms with Crippen molar-refractivity contribution in [3.63, 3.8) is 0 Å². The molecule has 3 rings (SSSR count). The molecule has 0 spiro atoms. The average Bonchev–Trinajstić information content (AvgIpc) is 3.18. The molecule has 1 aromatic heterocycles. The lowest BCUT2D eigenvalue weighted by molar-refractivity contribution is -0.118. The van der Waals surface area contributed by atoms with Crippen molar-refractivity contribution in [3.8, 4) is 0 Å². The second-order valence-electron chi connectivity index (χ2n) is 6.19. The van der Waals surface area contributed by atoms with Crippen molar-refractivity contribution in [1.82, 2.24) is 20.5 Å². The third-order valence-electron chi connectivity index (χ3n) is 3.83. The van der Waals surface area contributed by atoms with E-state index in [1.54, 1.807) is 30.0 Å². The van der Waals surface area contributed by atoms with E-state index in [0.717, 1.165) is 11.3 Å². The first-order chi connectivity index (χ1) is 14.1. The van der Waals surface area contributed by atoms with Gasteiger partial charge in [-0.3, -0.25) is 9.89 Å². The van der Waals surface area contributed by atoms with Crippen LogP contribution in [0.2, 0.25) is 0 Å². The minimum atomic E-state index is -0.271. The van der Waals surface area contributed by atoms with E-state index in [0.29, 0.717) is 17.5 Å². The van der Waals surface area contributed by atoms with Crippen LogP contribution in [0, 0.1) is 12.7 Å². The Morgan fingerprint density at radius 2 is 1.86 bits per heavy atom. The number of aromatic nitrogens is 3. The first-order valence-corrected chi connectivity index (χ1v) is 11.0. The molecule has 0 atom stereocenters. The number of nitrogens with zero attached hydrogens (tertiary/aromatic N) is 2. The lowest BCUT2D eigenvalue weighted by atomic mass is 10.2. The van der Waals surface area contributed by atoms with Gasteiger partial charge in [0.25, 0.3) is 0 Å². The topological polar surface area (TPSA) is 70.7 Å². The molecule has 5 nitrogen and oxygen atoms in total. The van der Waals surface area contributed by atoms with Crippen LogP contribution in [-0.4, -0.2) is 39.1 Å². The molecule has 0 fully saturated rings. The first kappa shape index (κ1) is 21.1. The van der Waals surface area contributed by atoms with Crippen molar-refractivity contribution >= 4 is 41.6 Å². The number of carbonyl (C=O) groups excluding carboxylic acids is 1. The molecular weight excluding hydrogens is 407 g/mol. The lowest BCUT2D eigenvalue weighted by Gasteiger charge is -2.04. The summed E-state index contributed by atoms with van der Waals surface area (Å²) in [6, 6.07) is 14.5. The van der Waals surface area contributed by atoms with E-state index < -0.39 is 0 Å². The van der Waals surface area contributed by atoms with Crippen molar-refractivity contribution in [3.05, 3.63) is 71.3 Å². The van der Waals surface area contributed by atoms with Gasteiger partial charge in [-0.15, -0.1) is 16.9 Å². The average molecular weight is 429 g/mol. The molecule has 0 bridgehead atoms. The summed E-state index contributed by atoms with van der Waals surface area (Å²) in [7, 11) is 0. The van der Waals surface area contributed by atoms with Crippen LogP contribution >= 0.6 is 23.5 Å². The van der Waals surface area contributed by atoms with E-state index in [-0.39, 0.29) is 17.5 Å². The number of benzene rings is 2. The predicted molar refractivity (Wildman–Crippen MR) is 117 cm³/mol. The summed E-state index contributed by atoms with van der Waals surface area (Å²) in [6.07, 6.45) is 3.57. The largest absolute Gasteiger partial charge is 0.355 e. The van der Waals surface area contributed by atoms with Gasteiger partial charge < -0.3 is 5.32 Å². The number of rotatable bonds is 9. The minimum Gasteiger partial charge on any atom is -0.355 e. The summed E-state index contributed by atoms with van der Waals surface area (Å²) < 4.78 is 12.9. The van der Waals surface area contributed by atoms with Gasteiger partial charge in [-0.25, -0.2) is 9.37 Å². The quantitative estimate of drug-likeness (QED) is 0.390. The molecule has 1 amide bonds. The van der Waals surface area contributed by atoms with Gasteiger partial charge in [0.05, 0.1) is 5.75 Å². The van der Waals surface area contributed by atoms with Crippen molar-refractivity contribution in [1.29, 1.82) is 0 Å². The van der Waals surface area contributed by atoms with Crippen LogP contribution in [-0.2, 0) is 4.79 Å². The highest BCUT2D eigenvalue weighted by Crippen LogP contribution is 2.17. The number of thioether (sulfide) groups is 2. The Morgan fingerprint density at radius 1 is 1.10 bits per heavy atom. The van der Waals surface area contributed by atoms with Gasteiger partial charge >= 0.3 is 0 Å². The van der Waals surface area contributed by atoms with Crippen molar-refractivity contribution in [2.24, 2.45) is 0 Å². The van der Waals surface area contributed by atoms with Crippen LogP contribution in [0.1, 0.15) is 17.0 Å². The van der Waals surface area contributed by atoms with E-state index >= 15 is 0 Å². The SMILES string of the molecule is Cc1ccc(SCCNC(=O)CSc2n[nH]c(/C=C/c3ccc(F)cc3)n2)cc1. The highest BCUT2D eigenvalue weighted by atomic mass is 32.2. The number of carbonyl (C=O) groups is 1. The van der Waals surface area contributed by atoms with Gasteiger partial charge in [-0.1, -0.05) is 47.7 Å². The fourth-order valence-electron chi connectivity index (χ4n) is 2.32. The molecule has 0 aliphatic carbocycles. The fraction of sp³-hybridized carbons (Fsp3) is 0.190. The molecule has 0 radical (unpaired) electrons. The Balaban J connectivity index is 1.36. The summed E-state index contributed by atoms with van der Waals surface area (Å²) >= 11 is 2.99. The third-order valence-corrected chi connectivity index (χ3v) is 5.69. The zero-order valence-corrected chi connectivity index (χ0v) is 17.5. The summed E-state index contributed by atoms with van der Waals surface area (Å²) in [6.45, 7) is 2.67. The number of aromatic amines is 1. The monoisotopic (exact) mass is 428 g/mol. The summed E-state index contributed by atoms with van der Waals surface area (Å²) in [5.74, 6) is 1.33. The zero-order chi connectivity index (χ0) is 20.5. The van der Waals surface area contributed by atoms with E-state index in [4.69, 9.17) is 0 Å². The van der Waals surface area contributed by atoms with E-state index in [9.17, 15) is 9.18 Å². The van der Waals surface area contributed by atoms with Gasteiger partial charge in [0.15, 0.2) is 0 Å². The predicted octanol–water partition coefficient (Wildman–Crippen LogP) is 4.42. The third kappa shape index (κ3) is 7.40. The number of hydrogen-bond acceptors (Lipinski definition) is 5. The standard InChI is InChI=1S/C21H21FN4OS2/c1-15-2-9-18(10-3-15)28-13-12-23-20(27)14-29-21-24-19(25-26-21)11-6-16-4-7-17(22)8-5-16/h2-11H,12-14H2,1H3,(H,23,27)(H,24,25,26)/b11-6+. The summed E-state index contributed by atoms with van der Waals surface area (Å²) in [4.78, 5) is 17.5. The number of hydrogen-bond donors (Lipinski definition) is 2. The van der Waals surface area contributed by atoms with E-state index in [1.807, 2.05) is 6.08 Å². The smallest absolute Gasteiger partial charge is 0.230 e. The maximum absolute atomic E-state index is 12.9. The molecule has 1 heterocycles. The van der Waals surface area contributed by atoms with Crippen LogP contribution in [0.4, 0.5) is 4.39 Å². The molecule has 0 aliphatic rings. The highest BCUT2D eigenvalue weighted by molar-refractivity contribution is 7.99. The normalized spacial score (nSPS) is 11.1. The van der Waals surface area contributed by atoms with Gasteiger partial charge in [0.1, 0.15) is 11.6 Å². The van der Waals surface area contributed by atoms with Crippen LogP contribution < -0.4 is 5.32 Å². The summed E-state index contributed by atoms with van der Waals surface area (Å²) in [5.41, 5.74) is 2.10. The Morgan fingerprint density at radius 3 is 2.62 bits per heavy atom. The molecule has 0 aliphatic heterocycles. The molecule has 2 N–H and O–H groups in total. The van der Waals surface area contributed by atoms with Gasteiger partial charge in [0, 0.05) is 17.2 Å². The Bertz CT molecular complexity index is 956. The van der Waals surface area contributed by atoms with Gasteiger partial charge in [-0.05, 0) is 42.8 Å². The molecular formula is C21H21FN4OS2. The number of H-pyrrole nitrogens is 1. The Kier molecular flexibility index (Phi) is 7.89. The van der Waals surface area contributed by atoms with Crippen molar-refractivity contribution < 1.29 is 9.18 Å². The summed E-state index contributed by atoms with van der Waals surface area (Å²) in [5, 5.41) is 10.3. The van der Waals surface area contributed by atoms with Crippen LogP contribution in [0.15, 0.2) is 58.6 Å². The minimum absolute atomic E-state index is 0.0484. The maximum atomic E-state index is 12.9. The molecule has 0 saturated carbocycles. The molecule has 2 aromatic carbocycles. The first-order valence-electron chi connectivity index (χ1n) is 9.03. The van der Waals surface area contributed by atoms with Crippen LogP contribution in [0.5, 0.6) is 0 Å². The highest BCUT2D eigenvalue weighted by Gasteiger charge is 2.06. The molecule has 29 heavy (non-hydrogen) atoms. The van der Waals surface area contributed by atoms with Crippen molar-refractivity contribution in [2.45, 2.75) is 17.0 Å².